The molecule has 31 heavy (non-hydrogen) atoms. The maximum Gasteiger partial charge on any atom is 0.233 e. The number of amides is 1. The van der Waals surface area contributed by atoms with Gasteiger partial charge in [-0.15, -0.1) is 0 Å². The topological polar surface area (TPSA) is 51.7 Å². The van der Waals surface area contributed by atoms with E-state index in [2.05, 4.69) is 29.2 Å². The molecule has 0 saturated carbocycles. The van der Waals surface area contributed by atoms with E-state index in [4.69, 9.17) is 9.47 Å². The molecule has 0 bridgehead atoms. The molecule has 2 aliphatic heterocycles. The van der Waals surface area contributed by atoms with E-state index in [0.717, 1.165) is 54.3 Å². The summed E-state index contributed by atoms with van der Waals surface area (Å²) in [5.74, 6) is 0.943. The number of rotatable bonds is 4. The van der Waals surface area contributed by atoms with Gasteiger partial charge in [0.2, 0.25) is 5.91 Å². The predicted molar refractivity (Wildman–Crippen MR) is 120 cm³/mol. The average Bonchev–Trinajstić information content (AvgIpc) is 3.13. The van der Waals surface area contributed by atoms with Crippen molar-refractivity contribution in [3.05, 3.63) is 78.1 Å². The third kappa shape index (κ3) is 3.59. The minimum absolute atomic E-state index is 0.0641. The highest BCUT2D eigenvalue weighted by atomic mass is 16.5. The van der Waals surface area contributed by atoms with Crippen LogP contribution in [0.25, 0.3) is 11.1 Å². The van der Waals surface area contributed by atoms with E-state index >= 15 is 0 Å². The fourth-order valence-corrected chi connectivity index (χ4v) is 4.89. The summed E-state index contributed by atoms with van der Waals surface area (Å²) in [5.41, 5.74) is 5.17. The van der Waals surface area contributed by atoms with Crippen molar-refractivity contribution in [3.8, 4) is 16.9 Å². The minimum Gasteiger partial charge on any atom is -0.496 e. The summed E-state index contributed by atoms with van der Waals surface area (Å²) in [6, 6.07) is 20.2. The lowest BCUT2D eigenvalue weighted by molar-refractivity contribution is -0.118. The van der Waals surface area contributed by atoms with Crippen LogP contribution in [0, 0.1) is 0 Å². The number of para-hydroxylation sites is 1. The Hall–Kier alpha value is -3.18. The number of ether oxygens (including phenoxy) is 2. The molecule has 0 atom stereocenters. The van der Waals surface area contributed by atoms with Crippen molar-refractivity contribution in [2.75, 3.05) is 31.8 Å². The van der Waals surface area contributed by atoms with Crippen LogP contribution in [-0.4, -0.2) is 37.8 Å². The van der Waals surface area contributed by atoms with Crippen LogP contribution in [0.15, 0.2) is 66.9 Å². The van der Waals surface area contributed by atoms with Crippen LogP contribution in [0.4, 0.5) is 5.69 Å². The third-order valence-electron chi connectivity index (χ3n) is 6.55. The Morgan fingerprint density at radius 2 is 1.90 bits per heavy atom. The molecular weight excluding hydrogens is 388 g/mol. The van der Waals surface area contributed by atoms with Gasteiger partial charge < -0.3 is 14.4 Å². The molecule has 1 spiro atoms. The van der Waals surface area contributed by atoms with Gasteiger partial charge >= 0.3 is 0 Å². The Morgan fingerprint density at radius 1 is 1.10 bits per heavy atom. The van der Waals surface area contributed by atoms with Crippen molar-refractivity contribution in [3.63, 3.8) is 0 Å². The number of hydrogen-bond donors (Lipinski definition) is 0. The first-order valence-corrected chi connectivity index (χ1v) is 10.8. The molecule has 3 heterocycles. The number of aromatic nitrogens is 1. The molecule has 1 amide bonds. The summed E-state index contributed by atoms with van der Waals surface area (Å²) in [6.07, 6.45) is 3.88. The van der Waals surface area contributed by atoms with Crippen molar-refractivity contribution >= 4 is 11.6 Å². The van der Waals surface area contributed by atoms with Crippen LogP contribution in [0.2, 0.25) is 0 Å². The van der Waals surface area contributed by atoms with Gasteiger partial charge in [-0.25, -0.2) is 0 Å². The van der Waals surface area contributed by atoms with E-state index in [1.165, 1.54) is 5.56 Å². The lowest BCUT2D eigenvalue weighted by atomic mass is 9.75. The van der Waals surface area contributed by atoms with Crippen molar-refractivity contribution in [1.82, 2.24) is 4.98 Å². The first-order valence-electron chi connectivity index (χ1n) is 10.8. The Labute approximate surface area is 182 Å². The average molecular weight is 415 g/mol. The molecule has 5 heteroatoms. The van der Waals surface area contributed by atoms with Crippen LogP contribution in [0.5, 0.6) is 5.75 Å². The van der Waals surface area contributed by atoms with Crippen molar-refractivity contribution in [1.29, 1.82) is 0 Å². The van der Waals surface area contributed by atoms with Crippen LogP contribution in [0.1, 0.15) is 24.1 Å². The number of fused-ring (bicyclic) bond motifs is 2. The van der Waals surface area contributed by atoms with Gasteiger partial charge in [0, 0.05) is 48.3 Å². The summed E-state index contributed by atoms with van der Waals surface area (Å²) in [7, 11) is 1.70. The summed E-state index contributed by atoms with van der Waals surface area (Å²) in [6.45, 7) is 2.15. The summed E-state index contributed by atoms with van der Waals surface area (Å²) in [4.78, 5) is 19.6. The van der Waals surface area contributed by atoms with Gasteiger partial charge in [-0.1, -0.05) is 30.3 Å². The normalized spacial score (nSPS) is 16.9. The van der Waals surface area contributed by atoms with E-state index < -0.39 is 0 Å². The number of nitrogens with zero attached hydrogens (tertiary/aromatic N) is 2. The molecule has 0 radical (unpaired) electrons. The third-order valence-corrected chi connectivity index (χ3v) is 6.55. The van der Waals surface area contributed by atoms with Gasteiger partial charge in [0.25, 0.3) is 0 Å². The van der Waals surface area contributed by atoms with Gasteiger partial charge in [0.05, 0.1) is 13.5 Å². The first kappa shape index (κ1) is 19.8. The maximum atomic E-state index is 13.3. The lowest BCUT2D eigenvalue weighted by Gasteiger charge is -2.34. The van der Waals surface area contributed by atoms with E-state index in [-0.39, 0.29) is 11.3 Å². The molecule has 5 rings (SSSR count). The van der Waals surface area contributed by atoms with Crippen molar-refractivity contribution < 1.29 is 14.3 Å². The number of hydrogen-bond acceptors (Lipinski definition) is 4. The minimum atomic E-state index is -0.0641. The zero-order valence-electron chi connectivity index (χ0n) is 17.7. The van der Waals surface area contributed by atoms with E-state index in [1.54, 1.807) is 13.3 Å². The maximum absolute atomic E-state index is 13.3. The second-order valence-electron chi connectivity index (χ2n) is 8.30. The molecule has 2 aliphatic rings. The Kier molecular flexibility index (Phi) is 5.20. The highest BCUT2D eigenvalue weighted by Crippen LogP contribution is 2.48. The fraction of sp³-hybridized carbons (Fsp3) is 0.308. The quantitative estimate of drug-likeness (QED) is 0.635. The van der Waals surface area contributed by atoms with Gasteiger partial charge in [-0.3, -0.25) is 9.78 Å². The molecule has 1 saturated heterocycles. The SMILES string of the molecule is COc1ccccc1-c1ccc2c(c1)C1(CCOCC1)CN2C(=O)Cc1ccccn1. The highest BCUT2D eigenvalue weighted by Gasteiger charge is 2.45. The second kappa shape index (κ2) is 8.16. The molecular formula is C26H26N2O3. The van der Waals surface area contributed by atoms with E-state index in [0.29, 0.717) is 13.0 Å². The Balaban J connectivity index is 1.55. The number of benzene rings is 2. The van der Waals surface area contributed by atoms with Crippen molar-refractivity contribution in [2.45, 2.75) is 24.7 Å². The molecule has 3 aromatic rings. The molecule has 158 valence electrons. The Morgan fingerprint density at radius 3 is 2.68 bits per heavy atom. The molecule has 0 unspecified atom stereocenters. The number of pyridine rings is 1. The monoisotopic (exact) mass is 414 g/mol. The van der Waals surface area contributed by atoms with Crippen LogP contribution in [-0.2, 0) is 21.4 Å². The van der Waals surface area contributed by atoms with E-state index in [9.17, 15) is 4.79 Å². The second-order valence-corrected chi connectivity index (χ2v) is 8.30. The standard InChI is InChI=1S/C26H26N2O3/c1-30-24-8-3-2-7-21(24)19-9-10-23-22(16-19)26(11-14-31-15-12-26)18-28(23)25(29)17-20-6-4-5-13-27-20/h2-10,13,16H,11-12,14-15,17-18H2,1H3. The first-order chi connectivity index (χ1) is 15.2. The fourth-order valence-electron chi connectivity index (χ4n) is 4.89. The summed E-state index contributed by atoms with van der Waals surface area (Å²) in [5, 5.41) is 0. The molecule has 5 nitrogen and oxygen atoms in total. The smallest absolute Gasteiger partial charge is 0.233 e. The molecule has 0 N–H and O–H groups in total. The molecule has 1 fully saturated rings. The molecule has 0 aliphatic carbocycles. The van der Waals surface area contributed by atoms with Gasteiger partial charge in [0.1, 0.15) is 5.75 Å². The number of carbonyl (C=O) groups excluding carboxylic acids is 1. The summed E-state index contributed by atoms with van der Waals surface area (Å²) >= 11 is 0. The zero-order valence-corrected chi connectivity index (χ0v) is 17.7. The van der Waals surface area contributed by atoms with E-state index in [1.807, 2.05) is 41.3 Å². The number of carbonyl (C=O) groups is 1. The van der Waals surface area contributed by atoms with Crippen LogP contribution in [0.3, 0.4) is 0 Å². The van der Waals surface area contributed by atoms with Crippen LogP contribution >= 0.6 is 0 Å². The number of methoxy groups -OCH3 is 1. The lowest BCUT2D eigenvalue weighted by Crippen LogP contribution is -2.41. The summed E-state index contributed by atoms with van der Waals surface area (Å²) < 4.78 is 11.3. The zero-order chi connectivity index (χ0) is 21.3. The molecule has 2 aromatic carbocycles. The van der Waals surface area contributed by atoms with Gasteiger partial charge in [-0.05, 0) is 54.3 Å². The van der Waals surface area contributed by atoms with Crippen LogP contribution < -0.4 is 9.64 Å². The van der Waals surface area contributed by atoms with Gasteiger partial charge in [0.15, 0.2) is 0 Å². The van der Waals surface area contributed by atoms with Crippen molar-refractivity contribution in [2.24, 2.45) is 0 Å². The number of anilines is 1. The molecule has 1 aromatic heterocycles. The largest absolute Gasteiger partial charge is 0.496 e. The Bertz CT molecular complexity index is 1090. The van der Waals surface area contributed by atoms with Gasteiger partial charge in [-0.2, -0.15) is 0 Å². The highest BCUT2D eigenvalue weighted by molar-refractivity contribution is 5.98. The predicted octanol–water partition coefficient (Wildman–Crippen LogP) is 4.39.